The predicted octanol–water partition coefficient (Wildman–Crippen LogP) is 13.0. The molecule has 62 heavy (non-hydrogen) atoms. The first-order valence-corrected chi connectivity index (χ1v) is 20.8. The summed E-state index contributed by atoms with van der Waals surface area (Å²) >= 11 is 0. The number of amidine groups is 2. The van der Waals surface area contributed by atoms with E-state index in [4.69, 9.17) is 24.9 Å². The van der Waals surface area contributed by atoms with Gasteiger partial charge in [0.05, 0.1) is 0 Å². The maximum atomic E-state index is 5.30. The van der Waals surface area contributed by atoms with Gasteiger partial charge in [0.15, 0.2) is 29.5 Å². The second-order valence-corrected chi connectivity index (χ2v) is 15.5. The molecule has 0 aliphatic carbocycles. The monoisotopic (exact) mass is 798 g/mol. The van der Waals surface area contributed by atoms with Crippen LogP contribution in [0.25, 0.3) is 67.5 Å². The van der Waals surface area contributed by atoms with Gasteiger partial charge in [-0.15, -0.1) is 0 Å². The number of rotatable bonds is 9. The SMILES string of the molecule is Cc1ccc(C2N=C(c3ccccc3)N=C(c3ccc(-c4ccccc4)cc3)N2C)cc1-c1cccc(-c2cccc(-c3nc(-c4ccccc4)nc(-c4ccccc4)n3)c2)c1. The molecule has 6 heteroatoms. The molecule has 1 aliphatic heterocycles. The van der Waals surface area contributed by atoms with Crippen LogP contribution in [0.3, 0.4) is 0 Å². The van der Waals surface area contributed by atoms with Crippen LogP contribution in [0.4, 0.5) is 0 Å². The second-order valence-electron chi connectivity index (χ2n) is 15.5. The number of nitrogens with zero attached hydrogens (tertiary/aromatic N) is 6. The van der Waals surface area contributed by atoms with Crippen molar-refractivity contribution in [3.63, 3.8) is 0 Å². The summed E-state index contributed by atoms with van der Waals surface area (Å²) in [6.45, 7) is 2.17. The quantitative estimate of drug-likeness (QED) is 0.146. The van der Waals surface area contributed by atoms with E-state index in [2.05, 4.69) is 146 Å². The van der Waals surface area contributed by atoms with Crippen molar-refractivity contribution in [2.24, 2.45) is 9.98 Å². The molecule has 1 atom stereocenters. The summed E-state index contributed by atoms with van der Waals surface area (Å²) < 4.78 is 0. The number of benzene rings is 8. The van der Waals surface area contributed by atoms with E-state index in [0.29, 0.717) is 23.3 Å². The van der Waals surface area contributed by atoms with Crippen LogP contribution in [0.5, 0.6) is 0 Å². The summed E-state index contributed by atoms with van der Waals surface area (Å²) in [5.41, 5.74) is 13.9. The Hall–Kier alpha value is -8.09. The summed E-state index contributed by atoms with van der Waals surface area (Å²) in [5.74, 6) is 3.49. The number of aromatic nitrogens is 3. The zero-order valence-electron chi connectivity index (χ0n) is 34.5. The van der Waals surface area contributed by atoms with E-state index in [-0.39, 0.29) is 6.17 Å². The first-order valence-electron chi connectivity index (χ1n) is 20.8. The summed E-state index contributed by atoms with van der Waals surface area (Å²) in [7, 11) is 2.09. The van der Waals surface area contributed by atoms with E-state index in [1.165, 1.54) is 16.7 Å². The molecule has 0 radical (unpaired) electrons. The molecule has 1 aliphatic rings. The Morgan fingerprint density at radius 2 is 0.806 bits per heavy atom. The first-order chi connectivity index (χ1) is 30.5. The van der Waals surface area contributed by atoms with Gasteiger partial charge in [-0.05, 0) is 69.6 Å². The minimum absolute atomic E-state index is 0.298. The Morgan fingerprint density at radius 3 is 1.39 bits per heavy atom. The Labute approximate surface area is 362 Å². The van der Waals surface area contributed by atoms with Crippen molar-refractivity contribution in [3.05, 3.63) is 235 Å². The van der Waals surface area contributed by atoms with Crippen LogP contribution in [-0.4, -0.2) is 38.6 Å². The first kappa shape index (κ1) is 38.1. The maximum absolute atomic E-state index is 5.30. The molecular formula is C56H42N6. The third-order valence-electron chi connectivity index (χ3n) is 11.3. The van der Waals surface area contributed by atoms with E-state index < -0.39 is 0 Å². The van der Waals surface area contributed by atoms with Gasteiger partial charge in [0.1, 0.15) is 5.84 Å². The Bertz CT molecular complexity index is 3010. The predicted molar refractivity (Wildman–Crippen MR) is 254 cm³/mol. The van der Waals surface area contributed by atoms with E-state index in [1.807, 2.05) is 84.9 Å². The molecule has 8 aromatic carbocycles. The van der Waals surface area contributed by atoms with Crippen LogP contribution in [-0.2, 0) is 0 Å². The molecule has 0 saturated heterocycles. The van der Waals surface area contributed by atoms with Gasteiger partial charge >= 0.3 is 0 Å². The van der Waals surface area contributed by atoms with E-state index in [0.717, 1.165) is 61.5 Å². The van der Waals surface area contributed by atoms with E-state index in [1.54, 1.807) is 0 Å². The molecular weight excluding hydrogens is 757 g/mol. The highest BCUT2D eigenvalue weighted by molar-refractivity contribution is 6.13. The van der Waals surface area contributed by atoms with E-state index in [9.17, 15) is 0 Å². The molecule has 0 N–H and O–H groups in total. The second kappa shape index (κ2) is 16.9. The molecule has 10 rings (SSSR count). The molecule has 0 fully saturated rings. The fourth-order valence-electron chi connectivity index (χ4n) is 8.01. The van der Waals surface area contributed by atoms with Crippen LogP contribution >= 0.6 is 0 Å². The van der Waals surface area contributed by atoms with Crippen molar-refractivity contribution in [1.29, 1.82) is 0 Å². The van der Waals surface area contributed by atoms with Crippen molar-refractivity contribution in [2.75, 3.05) is 7.05 Å². The van der Waals surface area contributed by atoms with Gasteiger partial charge in [-0.1, -0.05) is 194 Å². The third kappa shape index (κ3) is 7.85. The molecule has 0 bridgehead atoms. The molecule has 0 amide bonds. The highest BCUT2D eigenvalue weighted by Gasteiger charge is 2.27. The number of hydrogen-bond acceptors (Lipinski definition) is 6. The minimum Gasteiger partial charge on any atom is -0.333 e. The normalized spacial score (nSPS) is 13.6. The summed E-state index contributed by atoms with van der Waals surface area (Å²) in [6, 6.07) is 73.5. The Balaban J connectivity index is 0.994. The Morgan fingerprint density at radius 1 is 0.371 bits per heavy atom. The van der Waals surface area contributed by atoms with Crippen molar-refractivity contribution in [1.82, 2.24) is 19.9 Å². The Kier molecular flexibility index (Phi) is 10.4. The van der Waals surface area contributed by atoms with Gasteiger partial charge in [0, 0.05) is 34.9 Å². The highest BCUT2D eigenvalue weighted by atomic mass is 15.3. The maximum Gasteiger partial charge on any atom is 0.164 e. The lowest BCUT2D eigenvalue weighted by Gasteiger charge is -2.33. The van der Waals surface area contributed by atoms with Gasteiger partial charge in [-0.2, -0.15) is 0 Å². The number of hydrogen-bond donors (Lipinski definition) is 0. The minimum atomic E-state index is -0.298. The lowest BCUT2D eigenvalue weighted by molar-refractivity contribution is 0.383. The lowest BCUT2D eigenvalue weighted by Crippen LogP contribution is -2.35. The fourth-order valence-corrected chi connectivity index (χ4v) is 8.01. The van der Waals surface area contributed by atoms with Gasteiger partial charge in [-0.3, -0.25) is 0 Å². The molecule has 1 unspecified atom stereocenters. The van der Waals surface area contributed by atoms with Crippen molar-refractivity contribution in [3.8, 4) is 67.5 Å². The van der Waals surface area contributed by atoms with Gasteiger partial charge in [-0.25, -0.2) is 24.9 Å². The zero-order valence-corrected chi connectivity index (χ0v) is 34.5. The smallest absolute Gasteiger partial charge is 0.164 e. The molecule has 1 aromatic heterocycles. The molecule has 6 nitrogen and oxygen atoms in total. The van der Waals surface area contributed by atoms with Gasteiger partial charge in [0.25, 0.3) is 0 Å². The molecule has 2 heterocycles. The molecule has 0 saturated carbocycles. The van der Waals surface area contributed by atoms with Crippen LogP contribution in [0.15, 0.2) is 222 Å². The highest BCUT2D eigenvalue weighted by Crippen LogP contribution is 2.36. The van der Waals surface area contributed by atoms with Crippen LogP contribution < -0.4 is 0 Å². The van der Waals surface area contributed by atoms with Gasteiger partial charge < -0.3 is 4.90 Å². The fraction of sp³-hybridized carbons (Fsp3) is 0.0536. The van der Waals surface area contributed by atoms with Crippen molar-refractivity contribution >= 4 is 11.7 Å². The van der Waals surface area contributed by atoms with Crippen molar-refractivity contribution in [2.45, 2.75) is 13.1 Å². The summed E-state index contributed by atoms with van der Waals surface area (Å²) in [6.07, 6.45) is -0.298. The lowest BCUT2D eigenvalue weighted by atomic mass is 9.93. The summed E-state index contributed by atoms with van der Waals surface area (Å²) in [4.78, 5) is 27.5. The molecule has 296 valence electrons. The van der Waals surface area contributed by atoms with E-state index >= 15 is 0 Å². The molecule has 0 spiro atoms. The van der Waals surface area contributed by atoms with Crippen molar-refractivity contribution < 1.29 is 0 Å². The van der Waals surface area contributed by atoms with Crippen LogP contribution in [0.1, 0.15) is 28.4 Å². The average Bonchev–Trinajstić information content (AvgIpc) is 3.35. The summed E-state index contributed by atoms with van der Waals surface area (Å²) in [5, 5.41) is 0. The largest absolute Gasteiger partial charge is 0.333 e. The molecule has 9 aromatic rings. The third-order valence-corrected chi connectivity index (χ3v) is 11.3. The topological polar surface area (TPSA) is 66.6 Å². The zero-order chi connectivity index (χ0) is 41.8. The number of aliphatic imine (C=N–C) groups is 2. The van der Waals surface area contributed by atoms with Crippen LogP contribution in [0, 0.1) is 6.92 Å². The standard InChI is InChI=1S/C56H42N6/c1-38-29-30-49(56-61-53(43-23-13-6-14-24-43)60-55(62(56)2)44-33-31-40(32-34-44)39-17-7-3-8-18-39)37-50(38)47-27-15-25-45(35-47)46-26-16-28-48(36-46)54-58-51(41-19-9-4-10-20-41)57-52(59-54)42-21-11-5-12-22-42/h3-37,56H,1-2H3. The number of aryl methyl sites for hydroxylation is 1. The average molecular weight is 799 g/mol. The van der Waals surface area contributed by atoms with Crippen LogP contribution in [0.2, 0.25) is 0 Å². The van der Waals surface area contributed by atoms with Gasteiger partial charge in [0.2, 0.25) is 0 Å².